The number of pyridine rings is 1. The van der Waals surface area contributed by atoms with Gasteiger partial charge in [0.15, 0.2) is 20.8 Å². The fourth-order valence-electron chi connectivity index (χ4n) is 3.98. The predicted molar refractivity (Wildman–Crippen MR) is 147 cm³/mol. The molecule has 13 heteroatoms. The van der Waals surface area contributed by atoms with Gasteiger partial charge in [-0.1, -0.05) is 43.3 Å². The standard InChI is InChI=1S/C25H29N7O4S2/c1-25(2,3)22-29-21(31-36-22)6-7-27-23(33)30-24-28-19-5-4-16(13-20(19)37-24)17-12-18(15-26-14-17)32-8-10-38(34,35)11-9-32/h4-5,12-15H,6-11H2,1-3H3,(H2,27,28,30,33). The summed E-state index contributed by atoms with van der Waals surface area (Å²) < 4.78 is 29.7. The van der Waals surface area contributed by atoms with E-state index in [-0.39, 0.29) is 23.0 Å². The molecule has 3 aromatic heterocycles. The van der Waals surface area contributed by atoms with Gasteiger partial charge in [0.1, 0.15) is 0 Å². The molecule has 2 amide bonds. The summed E-state index contributed by atoms with van der Waals surface area (Å²) in [6.45, 7) is 7.28. The molecule has 4 heterocycles. The second-order valence-corrected chi connectivity index (χ2v) is 13.5. The van der Waals surface area contributed by atoms with Gasteiger partial charge in [0, 0.05) is 43.2 Å². The molecule has 0 spiro atoms. The Balaban J connectivity index is 1.21. The molecule has 2 N–H and O–H groups in total. The molecule has 1 aliphatic rings. The van der Waals surface area contributed by atoms with Gasteiger partial charge in [-0.2, -0.15) is 4.98 Å². The number of aromatic nitrogens is 4. The van der Waals surface area contributed by atoms with E-state index in [2.05, 4.69) is 30.7 Å². The van der Waals surface area contributed by atoms with Crippen LogP contribution in [0.25, 0.3) is 21.3 Å². The normalized spacial score (nSPS) is 15.5. The van der Waals surface area contributed by atoms with Gasteiger partial charge >= 0.3 is 6.03 Å². The van der Waals surface area contributed by atoms with Crippen molar-refractivity contribution in [3.63, 3.8) is 0 Å². The van der Waals surface area contributed by atoms with E-state index in [4.69, 9.17) is 4.52 Å². The van der Waals surface area contributed by atoms with Crippen LogP contribution in [0.1, 0.15) is 32.5 Å². The van der Waals surface area contributed by atoms with Crippen molar-refractivity contribution in [2.45, 2.75) is 32.6 Å². The Morgan fingerprint density at radius 2 is 1.89 bits per heavy atom. The van der Waals surface area contributed by atoms with Crippen LogP contribution in [-0.4, -0.2) is 65.7 Å². The van der Waals surface area contributed by atoms with Crippen LogP contribution in [0, 0.1) is 0 Å². The number of sulfone groups is 1. The maximum absolute atomic E-state index is 12.4. The van der Waals surface area contributed by atoms with Crippen LogP contribution in [0.2, 0.25) is 0 Å². The van der Waals surface area contributed by atoms with Crippen molar-refractivity contribution in [1.29, 1.82) is 0 Å². The molecular formula is C25H29N7O4S2. The molecule has 5 rings (SSSR count). The van der Waals surface area contributed by atoms with Crippen molar-refractivity contribution in [3.8, 4) is 11.1 Å². The van der Waals surface area contributed by atoms with Gasteiger partial charge in [-0.25, -0.2) is 18.2 Å². The molecule has 1 aromatic carbocycles. The summed E-state index contributed by atoms with van der Waals surface area (Å²) in [5.41, 5.74) is 3.35. The molecular weight excluding hydrogens is 526 g/mol. The lowest BCUT2D eigenvalue weighted by Gasteiger charge is -2.28. The summed E-state index contributed by atoms with van der Waals surface area (Å²) in [6.07, 6.45) is 4.00. The number of fused-ring (bicyclic) bond motifs is 1. The number of nitrogens with zero attached hydrogens (tertiary/aromatic N) is 5. The second-order valence-electron chi connectivity index (χ2n) is 10.2. The van der Waals surface area contributed by atoms with E-state index in [0.29, 0.717) is 42.9 Å². The minimum atomic E-state index is -2.95. The van der Waals surface area contributed by atoms with E-state index in [1.165, 1.54) is 11.3 Å². The number of thiazole rings is 1. The highest BCUT2D eigenvalue weighted by molar-refractivity contribution is 7.91. The van der Waals surface area contributed by atoms with Gasteiger partial charge in [-0.15, -0.1) is 0 Å². The Labute approximate surface area is 224 Å². The fraction of sp³-hybridized carbons (Fsp3) is 0.400. The highest BCUT2D eigenvalue weighted by Crippen LogP contribution is 2.32. The molecule has 0 unspecified atom stereocenters. The van der Waals surface area contributed by atoms with Crippen molar-refractivity contribution in [3.05, 3.63) is 48.4 Å². The van der Waals surface area contributed by atoms with Crippen molar-refractivity contribution >= 4 is 48.2 Å². The number of hydrogen-bond donors (Lipinski definition) is 2. The van der Waals surface area contributed by atoms with Crippen LogP contribution in [0.4, 0.5) is 15.6 Å². The number of carbonyl (C=O) groups is 1. The van der Waals surface area contributed by atoms with Crippen LogP contribution in [0.15, 0.2) is 41.2 Å². The number of urea groups is 1. The average molecular weight is 556 g/mol. The zero-order valence-electron chi connectivity index (χ0n) is 21.4. The van der Waals surface area contributed by atoms with Gasteiger partial charge in [0.25, 0.3) is 0 Å². The molecule has 11 nitrogen and oxygen atoms in total. The first-order valence-electron chi connectivity index (χ1n) is 12.3. The minimum absolute atomic E-state index is 0.155. The number of rotatable bonds is 6. The van der Waals surface area contributed by atoms with Crippen molar-refractivity contribution < 1.29 is 17.7 Å². The third-order valence-corrected chi connectivity index (χ3v) is 8.66. The lowest BCUT2D eigenvalue weighted by molar-refractivity contribution is 0.252. The third-order valence-electron chi connectivity index (χ3n) is 6.12. The largest absolute Gasteiger partial charge is 0.368 e. The van der Waals surface area contributed by atoms with E-state index in [1.54, 1.807) is 12.4 Å². The summed E-state index contributed by atoms with van der Waals surface area (Å²) in [4.78, 5) is 27.7. The molecule has 38 heavy (non-hydrogen) atoms. The molecule has 0 atom stereocenters. The van der Waals surface area contributed by atoms with Gasteiger partial charge in [0.2, 0.25) is 5.89 Å². The molecule has 1 fully saturated rings. The highest BCUT2D eigenvalue weighted by atomic mass is 32.2. The lowest BCUT2D eigenvalue weighted by Crippen LogP contribution is -2.40. The predicted octanol–water partition coefficient (Wildman–Crippen LogP) is 3.64. The molecule has 0 radical (unpaired) electrons. The molecule has 0 bridgehead atoms. The fourth-order valence-corrected chi connectivity index (χ4v) is 6.08. The van der Waals surface area contributed by atoms with Crippen molar-refractivity contribution in [2.24, 2.45) is 0 Å². The summed E-state index contributed by atoms with van der Waals surface area (Å²) in [6, 6.07) is 7.55. The summed E-state index contributed by atoms with van der Waals surface area (Å²) >= 11 is 1.38. The first kappa shape index (κ1) is 26.0. The van der Waals surface area contributed by atoms with E-state index in [9.17, 15) is 13.2 Å². The second kappa shape index (κ2) is 10.3. The first-order chi connectivity index (χ1) is 18.1. The monoisotopic (exact) mass is 555 g/mol. The summed E-state index contributed by atoms with van der Waals surface area (Å²) in [5.74, 6) is 1.42. The Bertz CT molecular complexity index is 1560. The SMILES string of the molecule is CC(C)(C)c1nc(CCNC(=O)Nc2nc3ccc(-c4cncc(N5CCS(=O)(=O)CC5)c4)cc3s2)no1. The number of benzene rings is 1. The van der Waals surface area contributed by atoms with E-state index in [0.717, 1.165) is 27.0 Å². The molecule has 4 aromatic rings. The maximum Gasteiger partial charge on any atom is 0.321 e. The topological polar surface area (TPSA) is 143 Å². The minimum Gasteiger partial charge on any atom is -0.368 e. The Morgan fingerprint density at radius 3 is 2.63 bits per heavy atom. The third kappa shape index (κ3) is 6.10. The smallest absolute Gasteiger partial charge is 0.321 e. The molecule has 1 saturated heterocycles. The van der Waals surface area contributed by atoms with Crippen molar-refractivity contribution in [1.82, 2.24) is 25.4 Å². The van der Waals surface area contributed by atoms with Crippen LogP contribution in [-0.2, 0) is 21.7 Å². The summed E-state index contributed by atoms with van der Waals surface area (Å²) in [5, 5.41) is 10.0. The lowest BCUT2D eigenvalue weighted by atomic mass is 9.97. The molecule has 0 saturated carbocycles. The van der Waals surface area contributed by atoms with Gasteiger partial charge in [-0.3, -0.25) is 10.3 Å². The molecule has 200 valence electrons. The van der Waals surface area contributed by atoms with Crippen LogP contribution in [0.3, 0.4) is 0 Å². The van der Waals surface area contributed by atoms with E-state index < -0.39 is 9.84 Å². The Morgan fingerprint density at radius 1 is 1.11 bits per heavy atom. The summed E-state index contributed by atoms with van der Waals surface area (Å²) in [7, 11) is -2.95. The number of amides is 2. The zero-order valence-corrected chi connectivity index (χ0v) is 23.0. The Kier molecular flexibility index (Phi) is 7.05. The number of nitrogens with one attached hydrogen (secondary N) is 2. The number of hydrogen-bond acceptors (Lipinski definition) is 10. The van der Waals surface area contributed by atoms with Gasteiger partial charge in [0.05, 0.1) is 33.6 Å². The average Bonchev–Trinajstić information content (AvgIpc) is 3.50. The quantitative estimate of drug-likeness (QED) is 0.364. The van der Waals surface area contributed by atoms with Gasteiger partial charge < -0.3 is 14.7 Å². The van der Waals surface area contributed by atoms with Crippen LogP contribution < -0.4 is 15.5 Å². The number of anilines is 2. The maximum atomic E-state index is 12.4. The highest BCUT2D eigenvalue weighted by Gasteiger charge is 2.23. The van der Waals surface area contributed by atoms with Crippen molar-refractivity contribution in [2.75, 3.05) is 41.4 Å². The van der Waals surface area contributed by atoms with Gasteiger partial charge in [-0.05, 0) is 23.8 Å². The molecule has 1 aliphatic heterocycles. The van der Waals surface area contributed by atoms with E-state index in [1.807, 2.05) is 49.9 Å². The first-order valence-corrected chi connectivity index (χ1v) is 14.9. The number of carbonyl (C=O) groups excluding carboxylic acids is 1. The van der Waals surface area contributed by atoms with E-state index >= 15 is 0 Å². The Hall–Kier alpha value is -3.58. The van der Waals surface area contributed by atoms with Crippen LogP contribution in [0.5, 0.6) is 0 Å². The van der Waals surface area contributed by atoms with Crippen LogP contribution >= 0.6 is 11.3 Å². The zero-order chi connectivity index (χ0) is 26.9. The molecule has 0 aliphatic carbocycles.